The molecule has 0 saturated heterocycles. The molecule has 0 bridgehead atoms. The molecule has 0 amide bonds. The van der Waals surface area contributed by atoms with E-state index in [9.17, 15) is 0 Å². The largest absolute Gasteiger partial charge is 0.493 e. The highest BCUT2D eigenvalue weighted by atomic mass is 35.5. The van der Waals surface area contributed by atoms with Crippen LogP contribution in [0.4, 0.5) is 0 Å². The monoisotopic (exact) mass is 269 g/mol. The quantitative estimate of drug-likeness (QED) is 0.823. The first kappa shape index (κ1) is 13.5. The van der Waals surface area contributed by atoms with Crippen LogP contribution in [0.25, 0.3) is 0 Å². The Morgan fingerprint density at radius 3 is 2.72 bits per heavy atom. The van der Waals surface area contributed by atoms with Gasteiger partial charge < -0.3 is 14.8 Å². The van der Waals surface area contributed by atoms with Gasteiger partial charge in [0, 0.05) is 23.7 Å². The summed E-state index contributed by atoms with van der Waals surface area (Å²) in [5, 5.41) is 4.18. The van der Waals surface area contributed by atoms with Crippen molar-refractivity contribution in [2.45, 2.75) is 38.8 Å². The van der Waals surface area contributed by atoms with E-state index in [1.54, 1.807) is 7.11 Å². The van der Waals surface area contributed by atoms with Crippen molar-refractivity contribution < 1.29 is 9.47 Å². The summed E-state index contributed by atoms with van der Waals surface area (Å²) >= 11 is 6.27. The van der Waals surface area contributed by atoms with Crippen molar-refractivity contribution in [3.05, 3.63) is 22.7 Å². The van der Waals surface area contributed by atoms with Gasteiger partial charge in [-0.2, -0.15) is 0 Å². The van der Waals surface area contributed by atoms with Crippen LogP contribution >= 0.6 is 11.6 Å². The number of nitrogens with one attached hydrogen (secondary N) is 1. The molecule has 1 N–H and O–H groups in total. The Morgan fingerprint density at radius 2 is 2.11 bits per heavy atom. The summed E-state index contributed by atoms with van der Waals surface area (Å²) in [6, 6.07) is 4.48. The fourth-order valence-electron chi connectivity index (χ4n) is 1.74. The first-order valence-electron chi connectivity index (χ1n) is 6.47. The molecule has 1 aliphatic rings. The standard InChI is InChI=1S/C14H20ClNO2/c1-3-6-18-14-8-12(15)10(7-13(14)17-2)9-16-11-4-5-11/h7-8,11,16H,3-6,9H2,1-2H3. The molecular weight excluding hydrogens is 250 g/mol. The molecular formula is C14H20ClNO2. The Labute approximate surface area is 113 Å². The van der Waals surface area contributed by atoms with Crippen molar-refractivity contribution >= 4 is 11.6 Å². The minimum atomic E-state index is 0.670. The van der Waals surface area contributed by atoms with Crippen LogP contribution in [0.2, 0.25) is 5.02 Å². The normalized spacial score (nSPS) is 14.6. The molecule has 1 aromatic rings. The molecule has 0 heterocycles. The number of hydrogen-bond acceptors (Lipinski definition) is 3. The van der Waals surface area contributed by atoms with E-state index in [4.69, 9.17) is 21.1 Å². The second kappa shape index (κ2) is 6.30. The second-order valence-corrected chi connectivity index (χ2v) is 5.01. The Kier molecular flexibility index (Phi) is 4.72. The Balaban J connectivity index is 2.09. The molecule has 3 nitrogen and oxygen atoms in total. The van der Waals surface area contributed by atoms with Gasteiger partial charge in [-0.1, -0.05) is 18.5 Å². The van der Waals surface area contributed by atoms with Crippen LogP contribution < -0.4 is 14.8 Å². The Hall–Kier alpha value is -0.930. The van der Waals surface area contributed by atoms with E-state index in [2.05, 4.69) is 12.2 Å². The van der Waals surface area contributed by atoms with Crippen LogP contribution in [0, 0.1) is 0 Å². The maximum Gasteiger partial charge on any atom is 0.162 e. The van der Waals surface area contributed by atoms with Crippen molar-refractivity contribution in [2.24, 2.45) is 0 Å². The number of rotatable bonds is 7. The van der Waals surface area contributed by atoms with E-state index in [1.165, 1.54) is 12.8 Å². The molecule has 2 rings (SSSR count). The van der Waals surface area contributed by atoms with Gasteiger partial charge in [-0.3, -0.25) is 0 Å². The highest BCUT2D eigenvalue weighted by Gasteiger charge is 2.21. The molecule has 0 aliphatic heterocycles. The average molecular weight is 270 g/mol. The van der Waals surface area contributed by atoms with E-state index in [-0.39, 0.29) is 0 Å². The summed E-state index contributed by atoms with van der Waals surface area (Å²) in [6.07, 6.45) is 3.50. The maximum atomic E-state index is 6.27. The van der Waals surface area contributed by atoms with E-state index in [1.807, 2.05) is 12.1 Å². The predicted molar refractivity (Wildman–Crippen MR) is 73.7 cm³/mol. The van der Waals surface area contributed by atoms with Crippen LogP contribution in [0.1, 0.15) is 31.7 Å². The lowest BCUT2D eigenvalue weighted by Crippen LogP contribution is -2.15. The molecule has 18 heavy (non-hydrogen) atoms. The van der Waals surface area contributed by atoms with Crippen molar-refractivity contribution in [1.82, 2.24) is 5.32 Å². The first-order valence-corrected chi connectivity index (χ1v) is 6.85. The summed E-state index contributed by atoms with van der Waals surface area (Å²) in [6.45, 7) is 3.53. The van der Waals surface area contributed by atoms with Gasteiger partial charge >= 0.3 is 0 Å². The third-order valence-corrected chi connectivity index (χ3v) is 3.30. The zero-order valence-electron chi connectivity index (χ0n) is 11.0. The molecule has 0 spiro atoms. The molecule has 0 unspecified atom stereocenters. The molecule has 1 aromatic carbocycles. The highest BCUT2D eigenvalue weighted by molar-refractivity contribution is 6.31. The van der Waals surface area contributed by atoms with Gasteiger partial charge in [-0.25, -0.2) is 0 Å². The van der Waals surface area contributed by atoms with Gasteiger partial charge in [0.15, 0.2) is 11.5 Å². The molecule has 100 valence electrons. The van der Waals surface area contributed by atoms with E-state index in [0.29, 0.717) is 12.6 Å². The van der Waals surface area contributed by atoms with Crippen LogP contribution in [0.3, 0.4) is 0 Å². The second-order valence-electron chi connectivity index (χ2n) is 4.60. The number of halogens is 1. The number of methoxy groups -OCH3 is 1. The van der Waals surface area contributed by atoms with Gasteiger partial charge in [-0.15, -0.1) is 0 Å². The lowest BCUT2D eigenvalue weighted by Gasteiger charge is -2.13. The molecule has 0 atom stereocenters. The highest BCUT2D eigenvalue weighted by Crippen LogP contribution is 2.34. The third-order valence-electron chi connectivity index (χ3n) is 2.95. The van der Waals surface area contributed by atoms with Crippen LogP contribution in [-0.4, -0.2) is 19.8 Å². The average Bonchev–Trinajstić information content (AvgIpc) is 3.19. The molecule has 0 aromatic heterocycles. The van der Waals surface area contributed by atoms with Gasteiger partial charge in [0.2, 0.25) is 0 Å². The summed E-state index contributed by atoms with van der Waals surface area (Å²) in [5.74, 6) is 1.47. The summed E-state index contributed by atoms with van der Waals surface area (Å²) in [5.41, 5.74) is 1.06. The number of hydrogen-bond donors (Lipinski definition) is 1. The topological polar surface area (TPSA) is 30.5 Å². The summed E-state index contributed by atoms with van der Waals surface area (Å²) in [4.78, 5) is 0. The Morgan fingerprint density at radius 1 is 1.33 bits per heavy atom. The summed E-state index contributed by atoms with van der Waals surface area (Å²) < 4.78 is 11.0. The van der Waals surface area contributed by atoms with Crippen molar-refractivity contribution in [2.75, 3.05) is 13.7 Å². The molecule has 0 radical (unpaired) electrons. The first-order chi connectivity index (χ1) is 8.74. The van der Waals surface area contributed by atoms with E-state index in [0.717, 1.165) is 35.1 Å². The van der Waals surface area contributed by atoms with Crippen molar-refractivity contribution in [3.8, 4) is 11.5 Å². The van der Waals surface area contributed by atoms with Crippen LogP contribution in [0.5, 0.6) is 11.5 Å². The van der Waals surface area contributed by atoms with Crippen LogP contribution in [-0.2, 0) is 6.54 Å². The van der Waals surface area contributed by atoms with Gasteiger partial charge in [0.1, 0.15) is 0 Å². The van der Waals surface area contributed by atoms with Gasteiger partial charge in [0.25, 0.3) is 0 Å². The number of ether oxygens (including phenoxy) is 2. The molecule has 4 heteroatoms. The van der Waals surface area contributed by atoms with Crippen LogP contribution in [0.15, 0.2) is 12.1 Å². The zero-order chi connectivity index (χ0) is 13.0. The fourth-order valence-corrected chi connectivity index (χ4v) is 1.96. The Bertz CT molecular complexity index is 405. The SMILES string of the molecule is CCCOc1cc(Cl)c(CNC2CC2)cc1OC. The molecule has 1 saturated carbocycles. The molecule has 1 fully saturated rings. The maximum absolute atomic E-state index is 6.27. The molecule has 1 aliphatic carbocycles. The smallest absolute Gasteiger partial charge is 0.162 e. The lowest BCUT2D eigenvalue weighted by molar-refractivity contribution is 0.294. The van der Waals surface area contributed by atoms with E-state index < -0.39 is 0 Å². The third kappa shape index (κ3) is 3.53. The van der Waals surface area contributed by atoms with Crippen molar-refractivity contribution in [1.29, 1.82) is 0 Å². The van der Waals surface area contributed by atoms with Gasteiger partial charge in [-0.05, 0) is 30.9 Å². The predicted octanol–water partition coefficient (Wildman–Crippen LogP) is 3.39. The van der Waals surface area contributed by atoms with Crippen molar-refractivity contribution in [3.63, 3.8) is 0 Å². The minimum absolute atomic E-state index is 0.670. The lowest BCUT2D eigenvalue weighted by atomic mass is 10.2. The summed E-state index contributed by atoms with van der Waals surface area (Å²) in [7, 11) is 1.65. The number of benzene rings is 1. The van der Waals surface area contributed by atoms with Gasteiger partial charge in [0.05, 0.1) is 13.7 Å². The van der Waals surface area contributed by atoms with E-state index >= 15 is 0 Å². The fraction of sp³-hybridized carbons (Fsp3) is 0.571. The zero-order valence-corrected chi connectivity index (χ0v) is 11.7. The minimum Gasteiger partial charge on any atom is -0.493 e.